The zero-order chi connectivity index (χ0) is 16.7. The third kappa shape index (κ3) is 5.67. The number of aliphatic hydroxyl groups is 1. The van der Waals surface area contributed by atoms with Crippen LogP contribution in [0.25, 0.3) is 0 Å². The molecule has 6 heteroatoms. The van der Waals surface area contributed by atoms with E-state index in [2.05, 4.69) is 24.5 Å². The summed E-state index contributed by atoms with van der Waals surface area (Å²) in [5, 5.41) is 15.1. The number of amides is 2. The first-order valence-corrected chi connectivity index (χ1v) is 7.54. The van der Waals surface area contributed by atoms with Gasteiger partial charge < -0.3 is 24.9 Å². The van der Waals surface area contributed by atoms with Crippen molar-refractivity contribution in [3.63, 3.8) is 0 Å². The van der Waals surface area contributed by atoms with Gasteiger partial charge in [0.2, 0.25) is 0 Å². The van der Waals surface area contributed by atoms with Crippen LogP contribution in [0.4, 0.5) is 10.5 Å². The SMILES string of the molecule is CC(C)COc1cccc(NC(=O)NCC(O)c2ccco2)c1. The molecule has 1 atom stereocenters. The standard InChI is InChI=1S/C17H22N2O4/c1-12(2)11-23-14-6-3-5-13(9-14)19-17(21)18-10-15(20)16-7-4-8-22-16/h3-9,12,15,20H,10-11H2,1-2H3,(H2,18,19,21). The molecule has 0 aliphatic rings. The van der Waals surface area contributed by atoms with E-state index in [9.17, 15) is 9.90 Å². The number of furan rings is 1. The number of ether oxygens (including phenoxy) is 1. The van der Waals surface area contributed by atoms with Gasteiger partial charge in [-0.2, -0.15) is 0 Å². The first-order valence-electron chi connectivity index (χ1n) is 7.54. The van der Waals surface area contributed by atoms with Crippen molar-refractivity contribution in [2.45, 2.75) is 20.0 Å². The number of aliphatic hydroxyl groups excluding tert-OH is 1. The molecule has 0 radical (unpaired) electrons. The summed E-state index contributed by atoms with van der Waals surface area (Å²) in [5.41, 5.74) is 0.622. The largest absolute Gasteiger partial charge is 0.493 e. The van der Waals surface area contributed by atoms with Crippen molar-refractivity contribution in [2.75, 3.05) is 18.5 Å². The lowest BCUT2D eigenvalue weighted by atomic mass is 10.2. The van der Waals surface area contributed by atoms with E-state index in [1.54, 1.807) is 24.3 Å². The Morgan fingerprint density at radius 2 is 2.13 bits per heavy atom. The molecule has 0 spiro atoms. The van der Waals surface area contributed by atoms with E-state index in [1.807, 2.05) is 12.1 Å². The number of carbonyl (C=O) groups excluding carboxylic acids is 1. The van der Waals surface area contributed by atoms with Crippen LogP contribution in [0.15, 0.2) is 47.1 Å². The highest BCUT2D eigenvalue weighted by Gasteiger charge is 2.12. The monoisotopic (exact) mass is 318 g/mol. The number of hydrogen-bond donors (Lipinski definition) is 3. The Hall–Kier alpha value is -2.47. The molecule has 1 heterocycles. The molecule has 1 unspecified atom stereocenters. The quantitative estimate of drug-likeness (QED) is 0.732. The highest BCUT2D eigenvalue weighted by atomic mass is 16.5. The van der Waals surface area contributed by atoms with E-state index in [0.717, 1.165) is 0 Å². The van der Waals surface area contributed by atoms with Gasteiger partial charge in [-0.25, -0.2) is 4.79 Å². The number of urea groups is 1. The van der Waals surface area contributed by atoms with Crippen LogP contribution < -0.4 is 15.4 Å². The Balaban J connectivity index is 1.81. The second-order valence-corrected chi connectivity index (χ2v) is 5.60. The van der Waals surface area contributed by atoms with E-state index in [1.165, 1.54) is 6.26 Å². The third-order valence-electron chi connectivity index (χ3n) is 3.00. The molecule has 2 amide bonds. The van der Waals surface area contributed by atoms with Crippen LogP contribution in [-0.4, -0.2) is 24.3 Å². The van der Waals surface area contributed by atoms with Crippen molar-refractivity contribution in [3.05, 3.63) is 48.4 Å². The average Bonchev–Trinajstić information content (AvgIpc) is 3.05. The van der Waals surface area contributed by atoms with E-state index < -0.39 is 12.1 Å². The van der Waals surface area contributed by atoms with Crippen LogP contribution >= 0.6 is 0 Å². The first kappa shape index (κ1) is 16.9. The van der Waals surface area contributed by atoms with Gasteiger partial charge in [-0.05, 0) is 30.2 Å². The van der Waals surface area contributed by atoms with Crippen LogP contribution in [0.5, 0.6) is 5.75 Å². The summed E-state index contributed by atoms with van der Waals surface area (Å²) in [4.78, 5) is 11.9. The van der Waals surface area contributed by atoms with Gasteiger partial charge >= 0.3 is 6.03 Å². The van der Waals surface area contributed by atoms with Crippen molar-refractivity contribution < 1.29 is 19.1 Å². The van der Waals surface area contributed by atoms with E-state index in [4.69, 9.17) is 9.15 Å². The number of benzene rings is 1. The maximum atomic E-state index is 11.9. The van der Waals surface area contributed by atoms with Crippen LogP contribution in [0.1, 0.15) is 25.7 Å². The maximum absolute atomic E-state index is 11.9. The molecule has 0 bridgehead atoms. The molecule has 6 nitrogen and oxygen atoms in total. The summed E-state index contributed by atoms with van der Waals surface area (Å²) in [7, 11) is 0. The van der Waals surface area contributed by atoms with Gasteiger partial charge in [0.1, 0.15) is 17.6 Å². The summed E-state index contributed by atoms with van der Waals surface area (Å²) >= 11 is 0. The van der Waals surface area contributed by atoms with Crippen molar-refractivity contribution in [1.29, 1.82) is 0 Å². The lowest BCUT2D eigenvalue weighted by Gasteiger charge is -2.12. The Labute approximate surface area is 135 Å². The fourth-order valence-electron chi connectivity index (χ4n) is 1.87. The van der Waals surface area contributed by atoms with Crippen molar-refractivity contribution >= 4 is 11.7 Å². The minimum Gasteiger partial charge on any atom is -0.493 e. The van der Waals surface area contributed by atoms with Gasteiger partial charge in [-0.15, -0.1) is 0 Å². The lowest BCUT2D eigenvalue weighted by Crippen LogP contribution is -2.32. The minimum absolute atomic E-state index is 0.0584. The molecular weight excluding hydrogens is 296 g/mol. The van der Waals surface area contributed by atoms with Gasteiger partial charge in [-0.3, -0.25) is 0 Å². The van der Waals surface area contributed by atoms with Crippen LogP contribution in [0.3, 0.4) is 0 Å². The summed E-state index contributed by atoms with van der Waals surface area (Å²) in [6.45, 7) is 4.81. The maximum Gasteiger partial charge on any atom is 0.319 e. The van der Waals surface area contributed by atoms with Crippen LogP contribution in [0.2, 0.25) is 0 Å². The topological polar surface area (TPSA) is 83.7 Å². The molecule has 0 aliphatic carbocycles. The van der Waals surface area contributed by atoms with Gasteiger partial charge in [0.25, 0.3) is 0 Å². The zero-order valence-corrected chi connectivity index (χ0v) is 13.3. The summed E-state index contributed by atoms with van der Waals surface area (Å²) < 4.78 is 10.7. The fraction of sp³-hybridized carbons (Fsp3) is 0.353. The smallest absolute Gasteiger partial charge is 0.319 e. The second-order valence-electron chi connectivity index (χ2n) is 5.60. The van der Waals surface area contributed by atoms with E-state index in [-0.39, 0.29) is 6.54 Å². The highest BCUT2D eigenvalue weighted by Crippen LogP contribution is 2.18. The first-order chi connectivity index (χ1) is 11.0. The lowest BCUT2D eigenvalue weighted by molar-refractivity contribution is 0.149. The normalized spacial score (nSPS) is 12.0. The van der Waals surface area contributed by atoms with Gasteiger partial charge in [0.15, 0.2) is 0 Å². The van der Waals surface area contributed by atoms with Crippen LogP contribution in [0, 0.1) is 5.92 Å². The van der Waals surface area contributed by atoms with E-state index in [0.29, 0.717) is 29.7 Å². The van der Waals surface area contributed by atoms with E-state index >= 15 is 0 Å². The third-order valence-corrected chi connectivity index (χ3v) is 3.00. The summed E-state index contributed by atoms with van der Waals surface area (Å²) in [5.74, 6) is 1.54. The zero-order valence-electron chi connectivity index (χ0n) is 13.3. The summed E-state index contributed by atoms with van der Waals surface area (Å²) in [6.07, 6.45) is 0.595. The fourth-order valence-corrected chi connectivity index (χ4v) is 1.87. The Morgan fingerprint density at radius 3 is 2.83 bits per heavy atom. The molecule has 1 aromatic heterocycles. The average molecular weight is 318 g/mol. The molecule has 0 saturated carbocycles. The number of hydrogen-bond acceptors (Lipinski definition) is 4. The highest BCUT2D eigenvalue weighted by molar-refractivity contribution is 5.89. The molecule has 23 heavy (non-hydrogen) atoms. The van der Waals surface area contributed by atoms with Crippen molar-refractivity contribution in [3.8, 4) is 5.75 Å². The van der Waals surface area contributed by atoms with Gasteiger partial charge in [0, 0.05) is 11.8 Å². The molecule has 2 rings (SSSR count). The van der Waals surface area contributed by atoms with Crippen LogP contribution in [-0.2, 0) is 0 Å². The van der Waals surface area contributed by atoms with Gasteiger partial charge in [0.05, 0.1) is 19.4 Å². The van der Waals surface area contributed by atoms with Crippen molar-refractivity contribution in [2.24, 2.45) is 5.92 Å². The number of carbonyl (C=O) groups is 1. The second kappa shape index (κ2) is 8.24. The molecular formula is C17H22N2O4. The number of nitrogens with one attached hydrogen (secondary N) is 2. The summed E-state index contributed by atoms with van der Waals surface area (Å²) in [6, 6.07) is 10.1. The Bertz CT molecular complexity index is 611. The predicted octanol–water partition coefficient (Wildman–Crippen LogP) is 3.17. The minimum atomic E-state index is -0.878. The van der Waals surface area contributed by atoms with Crippen molar-refractivity contribution in [1.82, 2.24) is 5.32 Å². The molecule has 0 saturated heterocycles. The predicted molar refractivity (Wildman–Crippen MR) is 87.5 cm³/mol. The molecule has 0 fully saturated rings. The Morgan fingerprint density at radius 1 is 1.30 bits per heavy atom. The molecule has 0 aliphatic heterocycles. The number of anilines is 1. The molecule has 1 aromatic carbocycles. The Kier molecular flexibility index (Phi) is 6.05. The number of rotatable bonds is 7. The molecule has 2 aromatic rings. The van der Waals surface area contributed by atoms with Gasteiger partial charge in [-0.1, -0.05) is 19.9 Å². The molecule has 3 N–H and O–H groups in total. The molecule has 124 valence electrons.